The predicted octanol–water partition coefficient (Wildman–Crippen LogP) is 0.226. The lowest BCUT2D eigenvalue weighted by Gasteiger charge is -2.16. The van der Waals surface area contributed by atoms with Gasteiger partial charge in [0.25, 0.3) is 0 Å². The van der Waals surface area contributed by atoms with Crippen LogP contribution in [0.4, 0.5) is 4.79 Å². The fraction of sp³-hybridized carbons (Fsp3) is 0.857. The smallest absolute Gasteiger partial charge is 0.341 e. The molecule has 0 bridgehead atoms. The second-order valence-corrected chi connectivity index (χ2v) is 2.25. The van der Waals surface area contributed by atoms with Crippen molar-refractivity contribution in [2.24, 2.45) is 0 Å². The Bertz CT molecular complexity index is 130. The van der Waals surface area contributed by atoms with Gasteiger partial charge >= 0.3 is 6.03 Å². The van der Waals surface area contributed by atoms with E-state index in [9.17, 15) is 4.79 Å². The van der Waals surface area contributed by atoms with Gasteiger partial charge in [0.05, 0.1) is 13.2 Å². The highest BCUT2D eigenvalue weighted by molar-refractivity contribution is 5.72. The van der Waals surface area contributed by atoms with Gasteiger partial charge in [-0.2, -0.15) is 0 Å². The van der Waals surface area contributed by atoms with Crippen molar-refractivity contribution < 1.29 is 14.4 Å². The van der Waals surface area contributed by atoms with Crippen molar-refractivity contribution in [2.45, 2.75) is 6.92 Å². The minimum Gasteiger partial charge on any atom is -0.383 e. The maximum absolute atomic E-state index is 11.0. The Labute approximate surface area is 72.6 Å². The van der Waals surface area contributed by atoms with Gasteiger partial charge in [-0.3, -0.25) is 4.84 Å². The molecule has 0 heterocycles. The molecule has 72 valence electrons. The van der Waals surface area contributed by atoms with E-state index in [-0.39, 0.29) is 6.03 Å². The highest BCUT2D eigenvalue weighted by Crippen LogP contribution is 1.84. The standard InChI is InChI=1S/C7H16N2O3/c1-4-12-8-7(10)9(2)5-6-11-3/h4-6H2,1-3H3,(H,8,10). The lowest BCUT2D eigenvalue weighted by Crippen LogP contribution is -2.38. The number of hydroxylamine groups is 1. The minimum absolute atomic E-state index is 0.256. The van der Waals surface area contributed by atoms with Gasteiger partial charge in [0.15, 0.2) is 0 Å². The highest BCUT2D eigenvalue weighted by atomic mass is 16.7. The van der Waals surface area contributed by atoms with Gasteiger partial charge in [-0.25, -0.2) is 10.3 Å². The van der Waals surface area contributed by atoms with E-state index < -0.39 is 0 Å². The summed E-state index contributed by atoms with van der Waals surface area (Å²) in [7, 11) is 3.27. The number of carbonyl (C=O) groups excluding carboxylic acids is 1. The summed E-state index contributed by atoms with van der Waals surface area (Å²) in [6.45, 7) is 3.34. The van der Waals surface area contributed by atoms with Crippen LogP contribution in [0.5, 0.6) is 0 Å². The average Bonchev–Trinajstić information content (AvgIpc) is 2.10. The molecule has 5 nitrogen and oxygen atoms in total. The fourth-order valence-corrected chi connectivity index (χ4v) is 0.542. The van der Waals surface area contributed by atoms with E-state index in [0.29, 0.717) is 19.8 Å². The van der Waals surface area contributed by atoms with Gasteiger partial charge in [0.2, 0.25) is 0 Å². The molecule has 0 aliphatic rings. The monoisotopic (exact) mass is 176 g/mol. The van der Waals surface area contributed by atoms with Gasteiger partial charge in [-0.1, -0.05) is 0 Å². The second kappa shape index (κ2) is 6.87. The summed E-state index contributed by atoms with van der Waals surface area (Å²) in [6, 6.07) is -0.256. The largest absolute Gasteiger partial charge is 0.383 e. The lowest BCUT2D eigenvalue weighted by molar-refractivity contribution is 0.0554. The molecule has 0 saturated carbocycles. The van der Waals surface area contributed by atoms with E-state index in [1.54, 1.807) is 21.1 Å². The Morgan fingerprint density at radius 2 is 2.25 bits per heavy atom. The van der Waals surface area contributed by atoms with Gasteiger partial charge < -0.3 is 9.64 Å². The van der Waals surface area contributed by atoms with Crippen LogP contribution in [0.2, 0.25) is 0 Å². The molecule has 0 radical (unpaired) electrons. The van der Waals surface area contributed by atoms with Crippen LogP contribution >= 0.6 is 0 Å². The molecule has 0 aliphatic heterocycles. The van der Waals surface area contributed by atoms with E-state index in [0.717, 1.165) is 0 Å². The molecule has 12 heavy (non-hydrogen) atoms. The molecule has 2 amide bonds. The number of amides is 2. The Hall–Kier alpha value is -0.810. The van der Waals surface area contributed by atoms with E-state index in [1.165, 1.54) is 4.90 Å². The van der Waals surface area contributed by atoms with E-state index in [4.69, 9.17) is 9.57 Å². The first-order valence-corrected chi connectivity index (χ1v) is 3.84. The number of hydrogen-bond donors (Lipinski definition) is 1. The molecule has 1 N–H and O–H groups in total. The summed E-state index contributed by atoms with van der Waals surface area (Å²) in [5, 5.41) is 0. The Kier molecular flexibility index (Phi) is 6.41. The van der Waals surface area contributed by atoms with Gasteiger partial charge in [0, 0.05) is 20.7 Å². The summed E-state index contributed by atoms with van der Waals surface area (Å²) in [5.41, 5.74) is 2.27. The Morgan fingerprint density at radius 3 is 2.75 bits per heavy atom. The van der Waals surface area contributed by atoms with Crippen LogP contribution in [-0.4, -0.2) is 44.8 Å². The molecule has 0 fully saturated rings. The number of nitrogens with zero attached hydrogens (tertiary/aromatic N) is 1. The molecule has 0 aromatic rings. The molecule has 0 aliphatic carbocycles. The molecule has 5 heteroatoms. The average molecular weight is 176 g/mol. The van der Waals surface area contributed by atoms with Gasteiger partial charge in [-0.15, -0.1) is 0 Å². The fourth-order valence-electron chi connectivity index (χ4n) is 0.542. The third kappa shape index (κ3) is 4.92. The van der Waals surface area contributed by atoms with Crippen molar-refractivity contribution in [3.8, 4) is 0 Å². The molecular weight excluding hydrogens is 160 g/mol. The zero-order chi connectivity index (χ0) is 9.40. The number of rotatable bonds is 5. The van der Waals surface area contributed by atoms with Crippen LogP contribution in [0, 0.1) is 0 Å². The van der Waals surface area contributed by atoms with Crippen LogP contribution in [0.3, 0.4) is 0 Å². The lowest BCUT2D eigenvalue weighted by atomic mass is 10.6. The van der Waals surface area contributed by atoms with Gasteiger partial charge in [0.1, 0.15) is 0 Å². The Morgan fingerprint density at radius 1 is 1.58 bits per heavy atom. The second-order valence-electron chi connectivity index (χ2n) is 2.25. The van der Waals surface area contributed by atoms with Crippen molar-refractivity contribution in [2.75, 3.05) is 33.9 Å². The number of likely N-dealkylation sites (N-methyl/N-ethyl adjacent to an activating group) is 1. The van der Waals surface area contributed by atoms with Crippen LogP contribution < -0.4 is 5.48 Å². The van der Waals surface area contributed by atoms with E-state index in [1.807, 2.05) is 0 Å². The first-order chi connectivity index (χ1) is 5.72. The maximum atomic E-state index is 11.0. The van der Waals surface area contributed by atoms with E-state index in [2.05, 4.69) is 5.48 Å². The molecule has 0 saturated heterocycles. The minimum atomic E-state index is -0.256. The van der Waals surface area contributed by atoms with Gasteiger partial charge in [-0.05, 0) is 6.92 Å². The maximum Gasteiger partial charge on any atom is 0.341 e. The molecular formula is C7H16N2O3. The number of ether oxygens (including phenoxy) is 1. The summed E-state index contributed by atoms with van der Waals surface area (Å²) in [6.07, 6.45) is 0. The quantitative estimate of drug-likeness (QED) is 0.610. The van der Waals surface area contributed by atoms with Crippen LogP contribution in [-0.2, 0) is 9.57 Å². The van der Waals surface area contributed by atoms with E-state index >= 15 is 0 Å². The first-order valence-electron chi connectivity index (χ1n) is 3.84. The third-order valence-corrected chi connectivity index (χ3v) is 1.28. The molecule has 0 aromatic heterocycles. The summed E-state index contributed by atoms with van der Waals surface area (Å²) in [5.74, 6) is 0. The summed E-state index contributed by atoms with van der Waals surface area (Å²) in [4.78, 5) is 17.2. The SMILES string of the molecule is CCONC(=O)N(C)CCOC. The molecule has 0 aromatic carbocycles. The highest BCUT2D eigenvalue weighted by Gasteiger charge is 2.05. The number of carbonyl (C=O) groups is 1. The van der Waals surface area contributed by atoms with Crippen molar-refractivity contribution in [1.82, 2.24) is 10.4 Å². The number of hydrogen-bond acceptors (Lipinski definition) is 3. The zero-order valence-corrected chi connectivity index (χ0v) is 7.79. The molecule has 0 spiro atoms. The number of nitrogens with one attached hydrogen (secondary N) is 1. The van der Waals surface area contributed by atoms with Crippen molar-refractivity contribution >= 4 is 6.03 Å². The Balaban J connectivity index is 3.47. The molecule has 0 unspecified atom stereocenters. The number of methoxy groups -OCH3 is 1. The van der Waals surface area contributed by atoms with Crippen molar-refractivity contribution in [3.63, 3.8) is 0 Å². The summed E-state index contributed by atoms with van der Waals surface area (Å²) < 4.78 is 4.80. The van der Waals surface area contributed by atoms with Crippen LogP contribution in [0.25, 0.3) is 0 Å². The topological polar surface area (TPSA) is 50.8 Å². The normalized spacial score (nSPS) is 9.58. The summed E-state index contributed by atoms with van der Waals surface area (Å²) >= 11 is 0. The molecule has 0 rings (SSSR count). The van der Waals surface area contributed by atoms with Crippen molar-refractivity contribution in [1.29, 1.82) is 0 Å². The van der Waals surface area contributed by atoms with Crippen LogP contribution in [0.15, 0.2) is 0 Å². The van der Waals surface area contributed by atoms with Crippen molar-refractivity contribution in [3.05, 3.63) is 0 Å². The third-order valence-electron chi connectivity index (χ3n) is 1.28. The van der Waals surface area contributed by atoms with Crippen LogP contribution in [0.1, 0.15) is 6.92 Å². The number of urea groups is 1. The zero-order valence-electron chi connectivity index (χ0n) is 7.79. The first kappa shape index (κ1) is 11.2. The predicted molar refractivity (Wildman–Crippen MR) is 44.7 cm³/mol. The molecule has 0 atom stereocenters.